The number of carbonyl (C=O) groups excluding carboxylic acids is 1. The van der Waals surface area contributed by atoms with E-state index in [-0.39, 0.29) is 17.0 Å². The zero-order valence-corrected chi connectivity index (χ0v) is 12.8. The minimum atomic E-state index is -0.492. The summed E-state index contributed by atoms with van der Waals surface area (Å²) in [7, 11) is 0. The molecular weight excluding hydrogens is 291 g/mol. The molecule has 0 atom stereocenters. The average molecular weight is 311 g/mol. The highest BCUT2D eigenvalue weighted by Gasteiger charge is 2.42. The lowest BCUT2D eigenvalue weighted by atomic mass is 9.78. The van der Waals surface area contributed by atoms with Crippen LogP contribution in [0.2, 0.25) is 5.02 Å². The zero-order chi connectivity index (χ0) is 14.9. The predicted octanol–water partition coefficient (Wildman–Crippen LogP) is 3.23. The van der Waals surface area contributed by atoms with Gasteiger partial charge in [-0.15, -0.1) is 0 Å². The molecule has 21 heavy (non-hydrogen) atoms. The lowest BCUT2D eigenvalue weighted by Gasteiger charge is -2.49. The van der Waals surface area contributed by atoms with E-state index in [0.29, 0.717) is 11.6 Å². The third-order valence-electron chi connectivity index (χ3n) is 4.73. The van der Waals surface area contributed by atoms with Gasteiger partial charge in [-0.3, -0.25) is 4.79 Å². The van der Waals surface area contributed by atoms with E-state index in [1.54, 1.807) is 0 Å². The van der Waals surface area contributed by atoms with Gasteiger partial charge in [0.2, 0.25) is 0 Å². The number of hydrogen-bond donors (Lipinski definition) is 1. The van der Waals surface area contributed by atoms with E-state index < -0.39 is 5.82 Å². The molecule has 1 amide bonds. The van der Waals surface area contributed by atoms with Crippen molar-refractivity contribution in [1.29, 1.82) is 0 Å². The first-order chi connectivity index (χ1) is 10.1. The maximum Gasteiger partial charge on any atom is 0.257 e. The van der Waals surface area contributed by atoms with E-state index in [0.717, 1.165) is 38.8 Å². The number of amides is 1. The fourth-order valence-corrected chi connectivity index (χ4v) is 3.80. The molecule has 0 unspecified atom stereocenters. The Kier molecular flexibility index (Phi) is 4.18. The summed E-state index contributed by atoms with van der Waals surface area (Å²) in [6, 6.07) is 4.19. The van der Waals surface area contributed by atoms with E-state index in [9.17, 15) is 9.18 Å². The second-order valence-electron chi connectivity index (χ2n) is 6.04. The van der Waals surface area contributed by atoms with Gasteiger partial charge in [0.05, 0.1) is 11.1 Å². The van der Waals surface area contributed by atoms with E-state index in [2.05, 4.69) is 5.32 Å². The molecule has 1 aliphatic heterocycles. The van der Waals surface area contributed by atoms with Gasteiger partial charge in [0.1, 0.15) is 5.82 Å². The molecule has 3 rings (SSSR count). The van der Waals surface area contributed by atoms with E-state index in [4.69, 9.17) is 11.6 Å². The first kappa shape index (κ1) is 14.8. The summed E-state index contributed by atoms with van der Waals surface area (Å²) in [5.74, 6) is -0.715. The SMILES string of the molecule is O=C(c1cc(Cl)ccc1F)N1CCNCC12CCCCC2. The fraction of sp³-hybridized carbons (Fsp3) is 0.562. The molecule has 0 bridgehead atoms. The largest absolute Gasteiger partial charge is 0.330 e. The third kappa shape index (κ3) is 2.79. The molecule has 0 aromatic heterocycles. The maximum atomic E-state index is 14.0. The van der Waals surface area contributed by atoms with Gasteiger partial charge in [-0.05, 0) is 31.0 Å². The van der Waals surface area contributed by atoms with E-state index >= 15 is 0 Å². The summed E-state index contributed by atoms with van der Waals surface area (Å²) in [5.41, 5.74) is -0.0585. The predicted molar refractivity (Wildman–Crippen MR) is 81.1 cm³/mol. The Labute approximate surface area is 129 Å². The zero-order valence-electron chi connectivity index (χ0n) is 12.0. The van der Waals surface area contributed by atoms with Gasteiger partial charge in [-0.1, -0.05) is 30.9 Å². The first-order valence-corrected chi connectivity index (χ1v) is 7.98. The number of piperazine rings is 1. The normalized spacial score (nSPS) is 21.5. The second kappa shape index (κ2) is 5.93. The number of rotatable bonds is 1. The summed E-state index contributed by atoms with van der Waals surface area (Å²) in [6.45, 7) is 2.20. The van der Waals surface area contributed by atoms with Crippen LogP contribution in [-0.4, -0.2) is 36.0 Å². The molecule has 0 radical (unpaired) electrons. The van der Waals surface area contributed by atoms with Crippen molar-refractivity contribution in [3.05, 3.63) is 34.6 Å². The maximum absolute atomic E-state index is 14.0. The standard InChI is InChI=1S/C16H20ClFN2O/c17-12-4-5-14(18)13(10-12)15(21)20-9-8-19-11-16(20)6-2-1-3-7-16/h4-5,10,19H,1-3,6-9,11H2. The topological polar surface area (TPSA) is 32.3 Å². The van der Waals surface area contributed by atoms with E-state index in [1.807, 2.05) is 4.90 Å². The van der Waals surface area contributed by atoms with Gasteiger partial charge in [-0.2, -0.15) is 0 Å². The molecule has 5 heteroatoms. The van der Waals surface area contributed by atoms with Gasteiger partial charge in [0, 0.05) is 24.7 Å². The fourth-order valence-electron chi connectivity index (χ4n) is 3.62. The monoisotopic (exact) mass is 310 g/mol. The molecule has 1 spiro atoms. The van der Waals surface area contributed by atoms with E-state index in [1.165, 1.54) is 24.6 Å². The summed E-state index contributed by atoms with van der Waals surface area (Å²) in [5, 5.41) is 3.79. The molecule has 2 fully saturated rings. The number of hydrogen-bond acceptors (Lipinski definition) is 2. The van der Waals surface area contributed by atoms with Crippen molar-refractivity contribution < 1.29 is 9.18 Å². The van der Waals surface area contributed by atoms with Crippen LogP contribution in [0.5, 0.6) is 0 Å². The quantitative estimate of drug-likeness (QED) is 0.864. The van der Waals surface area contributed by atoms with Crippen molar-refractivity contribution in [2.45, 2.75) is 37.6 Å². The van der Waals surface area contributed by atoms with Crippen molar-refractivity contribution in [1.82, 2.24) is 10.2 Å². The summed E-state index contributed by atoms with van der Waals surface area (Å²) in [4.78, 5) is 14.7. The minimum Gasteiger partial charge on any atom is -0.330 e. The highest BCUT2D eigenvalue weighted by molar-refractivity contribution is 6.31. The number of nitrogens with zero attached hydrogens (tertiary/aromatic N) is 1. The molecule has 1 saturated carbocycles. The smallest absolute Gasteiger partial charge is 0.257 e. The molecule has 1 saturated heterocycles. The van der Waals surface area contributed by atoms with Crippen molar-refractivity contribution in [3.8, 4) is 0 Å². The van der Waals surface area contributed by atoms with Crippen molar-refractivity contribution in [2.24, 2.45) is 0 Å². The Morgan fingerprint density at radius 2 is 2.05 bits per heavy atom. The molecule has 1 N–H and O–H groups in total. The Bertz CT molecular complexity index is 535. The van der Waals surface area contributed by atoms with Gasteiger partial charge in [0.25, 0.3) is 5.91 Å². The molecule has 1 aromatic rings. The second-order valence-corrected chi connectivity index (χ2v) is 6.48. The van der Waals surface area contributed by atoms with Crippen molar-refractivity contribution in [3.63, 3.8) is 0 Å². The summed E-state index contributed by atoms with van der Waals surface area (Å²) in [6.07, 6.45) is 5.46. The van der Waals surface area contributed by atoms with Crippen LogP contribution in [0, 0.1) is 5.82 Å². The van der Waals surface area contributed by atoms with Crippen LogP contribution in [-0.2, 0) is 0 Å². The third-order valence-corrected chi connectivity index (χ3v) is 4.96. The van der Waals surface area contributed by atoms with Gasteiger partial charge < -0.3 is 10.2 Å². The van der Waals surface area contributed by atoms with Crippen LogP contribution in [0.25, 0.3) is 0 Å². The molecular formula is C16H20ClFN2O. The number of halogens is 2. The van der Waals surface area contributed by atoms with Crippen LogP contribution in [0.4, 0.5) is 4.39 Å². The molecule has 1 aromatic carbocycles. The molecule has 3 nitrogen and oxygen atoms in total. The highest BCUT2D eigenvalue weighted by Crippen LogP contribution is 2.35. The van der Waals surface area contributed by atoms with Crippen LogP contribution < -0.4 is 5.32 Å². The van der Waals surface area contributed by atoms with Crippen LogP contribution in [0.3, 0.4) is 0 Å². The molecule has 114 valence electrons. The van der Waals surface area contributed by atoms with Crippen LogP contribution in [0.1, 0.15) is 42.5 Å². The van der Waals surface area contributed by atoms with Crippen LogP contribution in [0.15, 0.2) is 18.2 Å². The molecule has 2 aliphatic rings. The van der Waals surface area contributed by atoms with Gasteiger partial charge in [0.15, 0.2) is 0 Å². The van der Waals surface area contributed by atoms with Gasteiger partial charge >= 0.3 is 0 Å². The lowest BCUT2D eigenvalue weighted by Crippen LogP contribution is -2.63. The first-order valence-electron chi connectivity index (χ1n) is 7.60. The summed E-state index contributed by atoms with van der Waals surface area (Å²) >= 11 is 5.93. The average Bonchev–Trinajstić information content (AvgIpc) is 2.50. The molecule has 1 heterocycles. The Balaban J connectivity index is 1.92. The highest BCUT2D eigenvalue weighted by atomic mass is 35.5. The summed E-state index contributed by atoms with van der Waals surface area (Å²) < 4.78 is 14.0. The van der Waals surface area contributed by atoms with Crippen LogP contribution >= 0.6 is 11.6 Å². The lowest BCUT2D eigenvalue weighted by molar-refractivity contribution is 0.0219. The Morgan fingerprint density at radius 3 is 2.81 bits per heavy atom. The van der Waals surface area contributed by atoms with Gasteiger partial charge in [-0.25, -0.2) is 4.39 Å². The Hall–Kier alpha value is -1.13. The minimum absolute atomic E-state index is 0.0920. The van der Waals surface area contributed by atoms with Crippen molar-refractivity contribution >= 4 is 17.5 Å². The number of carbonyl (C=O) groups is 1. The number of nitrogens with one attached hydrogen (secondary N) is 1. The molecule has 1 aliphatic carbocycles. The van der Waals surface area contributed by atoms with Crippen molar-refractivity contribution in [2.75, 3.05) is 19.6 Å². The Morgan fingerprint density at radius 1 is 1.29 bits per heavy atom. The number of benzene rings is 1.